The maximum atomic E-state index is 12.1. The Morgan fingerprint density at radius 3 is 2.83 bits per heavy atom. The van der Waals surface area contributed by atoms with Gasteiger partial charge in [0.2, 0.25) is 5.91 Å². The summed E-state index contributed by atoms with van der Waals surface area (Å²) in [6, 6.07) is 4.65. The lowest BCUT2D eigenvalue weighted by Gasteiger charge is -2.31. The second-order valence-electron chi connectivity index (χ2n) is 7.29. The third-order valence-corrected chi connectivity index (χ3v) is 5.40. The molecule has 1 saturated carbocycles. The summed E-state index contributed by atoms with van der Waals surface area (Å²) in [5.74, 6) is 0.515. The molecule has 1 aliphatic carbocycles. The Bertz CT molecular complexity index is 726. The van der Waals surface area contributed by atoms with Crippen LogP contribution < -0.4 is 5.32 Å². The fourth-order valence-electron chi connectivity index (χ4n) is 3.74. The van der Waals surface area contributed by atoms with E-state index in [-0.39, 0.29) is 11.8 Å². The highest BCUT2D eigenvalue weighted by Crippen LogP contribution is 2.23. The zero-order valence-electron chi connectivity index (χ0n) is 14.4. The maximum Gasteiger partial charge on any atom is 0.223 e. The van der Waals surface area contributed by atoms with E-state index in [1.807, 2.05) is 12.3 Å². The van der Waals surface area contributed by atoms with Crippen LogP contribution in [0.2, 0.25) is 0 Å². The molecule has 1 aliphatic heterocycles. The number of aromatic nitrogens is 2. The fraction of sp³-hybridized carbons (Fsp3) is 0.579. The summed E-state index contributed by atoms with van der Waals surface area (Å²) < 4.78 is 2.11. The predicted molar refractivity (Wildman–Crippen MR) is 94.7 cm³/mol. The van der Waals surface area contributed by atoms with E-state index in [4.69, 9.17) is 0 Å². The Labute approximate surface area is 143 Å². The lowest BCUT2D eigenvalue weighted by atomic mass is 9.95. The monoisotopic (exact) mass is 326 g/mol. The smallest absolute Gasteiger partial charge is 0.223 e. The summed E-state index contributed by atoms with van der Waals surface area (Å²) in [7, 11) is 2.06. The van der Waals surface area contributed by atoms with Crippen molar-refractivity contribution in [3.8, 4) is 0 Å². The van der Waals surface area contributed by atoms with Gasteiger partial charge in [-0.1, -0.05) is 0 Å². The van der Waals surface area contributed by atoms with Crippen LogP contribution >= 0.6 is 0 Å². The maximum absolute atomic E-state index is 12.1. The molecular formula is C19H26N4O. The van der Waals surface area contributed by atoms with Crippen molar-refractivity contribution in [2.75, 3.05) is 19.6 Å². The molecule has 0 bridgehead atoms. The molecule has 5 heteroatoms. The number of nitrogens with one attached hydrogen (secondary N) is 1. The third-order valence-electron chi connectivity index (χ3n) is 5.40. The first-order chi connectivity index (χ1) is 11.7. The fourth-order valence-corrected chi connectivity index (χ4v) is 3.74. The minimum Gasteiger partial charge on any atom is -0.353 e. The van der Waals surface area contributed by atoms with Crippen LogP contribution in [0.4, 0.5) is 0 Å². The molecule has 128 valence electrons. The van der Waals surface area contributed by atoms with Crippen molar-refractivity contribution in [1.82, 2.24) is 19.8 Å². The third kappa shape index (κ3) is 3.31. The quantitative estimate of drug-likeness (QED) is 0.915. The summed E-state index contributed by atoms with van der Waals surface area (Å²) in [6.07, 6.45) is 9.43. The number of carbonyl (C=O) groups excluding carboxylic acids is 1. The molecule has 24 heavy (non-hydrogen) atoms. The van der Waals surface area contributed by atoms with Crippen molar-refractivity contribution in [3.05, 3.63) is 30.1 Å². The number of aryl methyl sites for hydroxylation is 1. The lowest BCUT2D eigenvalue weighted by molar-refractivity contribution is -0.126. The van der Waals surface area contributed by atoms with Crippen molar-refractivity contribution in [1.29, 1.82) is 0 Å². The molecule has 1 amide bonds. The van der Waals surface area contributed by atoms with Gasteiger partial charge >= 0.3 is 0 Å². The number of carbonyl (C=O) groups is 1. The van der Waals surface area contributed by atoms with E-state index in [9.17, 15) is 4.79 Å². The predicted octanol–water partition coefficient (Wildman–Crippen LogP) is 2.11. The number of nitrogens with zero attached hydrogens (tertiary/aromatic N) is 3. The summed E-state index contributed by atoms with van der Waals surface area (Å²) in [6.45, 7) is 3.13. The molecule has 0 aromatic carbocycles. The molecule has 0 unspecified atom stereocenters. The highest BCUT2D eigenvalue weighted by Gasteiger charge is 2.29. The van der Waals surface area contributed by atoms with Crippen LogP contribution in [0, 0.1) is 5.92 Å². The topological polar surface area (TPSA) is 50.2 Å². The molecule has 2 aromatic heterocycles. The highest BCUT2D eigenvalue weighted by molar-refractivity contribution is 5.80. The molecular weight excluding hydrogens is 300 g/mol. The number of likely N-dealkylation sites (tertiary alicyclic amines) is 1. The largest absolute Gasteiger partial charge is 0.353 e. The minimum absolute atomic E-state index is 0.226. The SMILES string of the molecule is Cn1cc(CCN2CCC(C(=O)NC3CC3)CC2)c2cccnc21. The highest BCUT2D eigenvalue weighted by atomic mass is 16.2. The van der Waals surface area contributed by atoms with Gasteiger partial charge in [-0.2, -0.15) is 0 Å². The second kappa shape index (κ2) is 6.55. The van der Waals surface area contributed by atoms with E-state index < -0.39 is 0 Å². The van der Waals surface area contributed by atoms with E-state index in [1.165, 1.54) is 23.8 Å². The summed E-state index contributed by atoms with van der Waals surface area (Å²) in [5, 5.41) is 4.41. The van der Waals surface area contributed by atoms with E-state index >= 15 is 0 Å². The van der Waals surface area contributed by atoms with E-state index in [2.05, 4.69) is 39.1 Å². The van der Waals surface area contributed by atoms with E-state index in [0.29, 0.717) is 6.04 Å². The minimum atomic E-state index is 0.226. The van der Waals surface area contributed by atoms with Gasteiger partial charge in [-0.15, -0.1) is 0 Å². The average molecular weight is 326 g/mol. The number of piperidine rings is 1. The zero-order chi connectivity index (χ0) is 16.5. The van der Waals surface area contributed by atoms with Gasteiger partial charge in [0.15, 0.2) is 0 Å². The number of rotatable bonds is 5. The van der Waals surface area contributed by atoms with Crippen LogP contribution in [0.1, 0.15) is 31.2 Å². The summed E-state index contributed by atoms with van der Waals surface area (Å²) in [5.41, 5.74) is 2.43. The van der Waals surface area contributed by atoms with Crippen LogP contribution in [0.3, 0.4) is 0 Å². The van der Waals surface area contributed by atoms with Gasteiger partial charge in [-0.05, 0) is 62.9 Å². The number of fused-ring (bicyclic) bond motifs is 1. The van der Waals surface area contributed by atoms with Crippen LogP contribution in [-0.2, 0) is 18.3 Å². The van der Waals surface area contributed by atoms with Gasteiger partial charge < -0.3 is 14.8 Å². The molecule has 2 fully saturated rings. The number of hydrogen-bond acceptors (Lipinski definition) is 3. The zero-order valence-corrected chi connectivity index (χ0v) is 14.4. The van der Waals surface area contributed by atoms with Crippen molar-refractivity contribution in [2.45, 2.75) is 38.1 Å². The van der Waals surface area contributed by atoms with Gasteiger partial charge in [0.25, 0.3) is 0 Å². The molecule has 5 nitrogen and oxygen atoms in total. The van der Waals surface area contributed by atoms with E-state index in [0.717, 1.165) is 44.5 Å². The second-order valence-corrected chi connectivity index (χ2v) is 7.29. The Balaban J connectivity index is 1.30. The first kappa shape index (κ1) is 15.6. The van der Waals surface area contributed by atoms with Crippen molar-refractivity contribution in [3.63, 3.8) is 0 Å². The van der Waals surface area contributed by atoms with Crippen molar-refractivity contribution in [2.24, 2.45) is 13.0 Å². The molecule has 3 heterocycles. The molecule has 0 atom stereocenters. The van der Waals surface area contributed by atoms with Crippen LogP contribution in [0.5, 0.6) is 0 Å². The Morgan fingerprint density at radius 1 is 1.29 bits per heavy atom. The Hall–Kier alpha value is -1.88. The van der Waals surface area contributed by atoms with Crippen LogP contribution in [0.25, 0.3) is 11.0 Å². The van der Waals surface area contributed by atoms with Gasteiger partial charge in [-0.25, -0.2) is 4.98 Å². The van der Waals surface area contributed by atoms with Crippen molar-refractivity contribution >= 4 is 16.9 Å². The van der Waals surface area contributed by atoms with Crippen molar-refractivity contribution < 1.29 is 4.79 Å². The number of hydrogen-bond donors (Lipinski definition) is 1. The number of pyridine rings is 1. The van der Waals surface area contributed by atoms with Crippen LogP contribution in [-0.4, -0.2) is 46.0 Å². The molecule has 0 radical (unpaired) electrons. The Morgan fingerprint density at radius 2 is 2.08 bits per heavy atom. The van der Waals surface area contributed by atoms with E-state index in [1.54, 1.807) is 0 Å². The number of amides is 1. The Kier molecular flexibility index (Phi) is 4.27. The molecule has 2 aromatic rings. The van der Waals surface area contributed by atoms with Gasteiger partial charge in [0, 0.05) is 43.3 Å². The van der Waals surface area contributed by atoms with Gasteiger partial charge in [-0.3, -0.25) is 4.79 Å². The normalized spacial score (nSPS) is 19.7. The first-order valence-corrected chi connectivity index (χ1v) is 9.12. The first-order valence-electron chi connectivity index (χ1n) is 9.12. The average Bonchev–Trinajstić information content (AvgIpc) is 3.37. The summed E-state index contributed by atoms with van der Waals surface area (Å²) >= 11 is 0. The van der Waals surface area contributed by atoms with Crippen LogP contribution in [0.15, 0.2) is 24.5 Å². The molecule has 2 aliphatic rings. The molecule has 4 rings (SSSR count). The molecule has 1 N–H and O–H groups in total. The van der Waals surface area contributed by atoms with Gasteiger partial charge in [0.05, 0.1) is 0 Å². The molecule has 1 saturated heterocycles. The standard InChI is InChI=1S/C19H26N4O/c1-22-13-15(17-3-2-9-20-18(17)22)8-12-23-10-6-14(7-11-23)19(24)21-16-4-5-16/h2-3,9,13-14,16H,4-8,10-12H2,1H3,(H,21,24). The van der Waals surface area contributed by atoms with Gasteiger partial charge in [0.1, 0.15) is 5.65 Å². The summed E-state index contributed by atoms with van der Waals surface area (Å²) in [4.78, 5) is 19.1. The lowest BCUT2D eigenvalue weighted by Crippen LogP contribution is -2.41. The molecule has 0 spiro atoms.